The van der Waals surface area contributed by atoms with E-state index >= 15 is 0 Å². The number of carbonyl (C=O) groups is 1. The number of carbonyl (C=O) groups excluding carboxylic acids is 1. The van der Waals surface area contributed by atoms with Crippen LogP contribution in [0.4, 0.5) is 0 Å². The van der Waals surface area contributed by atoms with E-state index in [4.69, 9.17) is 128 Å². The van der Waals surface area contributed by atoms with Crippen molar-refractivity contribution >= 4 is 5.97 Å². The fourth-order valence-corrected chi connectivity index (χ4v) is 7.77. The van der Waals surface area contributed by atoms with Gasteiger partial charge in [-0.3, -0.25) is 4.79 Å². The second-order valence-corrected chi connectivity index (χ2v) is 21.0. The third-order valence-corrected chi connectivity index (χ3v) is 13.0. The molecule has 97 heavy (non-hydrogen) atoms. The highest BCUT2D eigenvalue weighted by atomic mass is 16.6. The molecule has 0 aromatic rings. The van der Waals surface area contributed by atoms with E-state index in [1.807, 2.05) is 0 Å². The van der Waals surface area contributed by atoms with Crippen LogP contribution in [0, 0.1) is 0 Å². The van der Waals surface area contributed by atoms with E-state index in [1.54, 1.807) is 0 Å². The van der Waals surface area contributed by atoms with Crippen LogP contribution in [0.5, 0.6) is 0 Å². The predicted octanol–water partition coefficient (Wildman–Crippen LogP) is 4.92. The van der Waals surface area contributed by atoms with E-state index in [-0.39, 0.29) is 12.4 Å². The summed E-state index contributed by atoms with van der Waals surface area (Å²) in [6.07, 6.45) is 13.6. The minimum Gasteiger partial charge on any atom is -0.469 e. The Morgan fingerprint density at radius 3 is 0.402 bits per heavy atom. The lowest BCUT2D eigenvalue weighted by Crippen LogP contribution is -2.16. The number of esters is 1. The molecule has 0 bridgehead atoms. The van der Waals surface area contributed by atoms with E-state index in [9.17, 15) is 4.79 Å². The fraction of sp³-hybridized carbons (Fsp3) is 0.985. The van der Waals surface area contributed by atoms with Crippen LogP contribution in [0.3, 0.4) is 0 Å². The van der Waals surface area contributed by atoms with Gasteiger partial charge < -0.3 is 133 Å². The Bertz CT molecular complexity index is 1390. The second-order valence-electron chi connectivity index (χ2n) is 21.0. The number of methoxy groups -OCH3 is 1. The average Bonchev–Trinajstić information content (AvgIpc) is 3.62. The van der Waals surface area contributed by atoms with Crippen LogP contribution in [-0.4, -0.2) is 370 Å². The van der Waals surface area contributed by atoms with Gasteiger partial charge in [-0.05, 0) is 6.42 Å². The van der Waals surface area contributed by atoms with Crippen LogP contribution in [0.1, 0.15) is 77.6 Å². The minimum atomic E-state index is -0.292. The van der Waals surface area contributed by atoms with Gasteiger partial charge in [-0.15, -0.1) is 0 Å². The van der Waals surface area contributed by atoms with Crippen molar-refractivity contribution in [3.8, 4) is 0 Å². The molecular weight excluding hydrogens is 1280 g/mol. The third kappa shape index (κ3) is 92.4. The third-order valence-electron chi connectivity index (χ3n) is 13.0. The van der Waals surface area contributed by atoms with Gasteiger partial charge in [0.05, 0.1) is 364 Å². The van der Waals surface area contributed by atoms with Crippen LogP contribution in [-0.2, 0) is 137 Å². The lowest BCUT2D eigenvalue weighted by atomic mass is 10.1. The summed E-state index contributed by atoms with van der Waals surface area (Å²) in [6.45, 7) is 29.0. The number of unbranched alkanes of at least 4 members (excludes halogenated alkanes) is 9. The largest absolute Gasteiger partial charge is 0.469 e. The quantitative estimate of drug-likeness (QED) is 0.0577. The number of ether oxygens (including phenoxy) is 28. The van der Waals surface area contributed by atoms with Crippen LogP contribution in [0.15, 0.2) is 0 Å². The highest BCUT2D eigenvalue weighted by Gasteiger charge is 2.03. The fourth-order valence-electron chi connectivity index (χ4n) is 7.77. The van der Waals surface area contributed by atoms with Gasteiger partial charge in [0.2, 0.25) is 0 Å². The first kappa shape index (κ1) is 95.4. The molecule has 0 N–H and O–H groups in total. The van der Waals surface area contributed by atoms with E-state index in [0.29, 0.717) is 350 Å². The lowest BCUT2D eigenvalue weighted by molar-refractivity contribution is -0.142. The van der Waals surface area contributed by atoms with Crippen LogP contribution >= 0.6 is 0 Å². The molecule has 0 unspecified atom stereocenters. The zero-order valence-corrected chi connectivity index (χ0v) is 60.3. The molecule has 0 aromatic carbocycles. The molecule has 0 spiro atoms. The molecular formula is C68H136O29. The summed E-state index contributed by atoms with van der Waals surface area (Å²) < 4.78 is 154. The average molecular weight is 1420 g/mol. The minimum absolute atomic E-state index is 0.236. The molecule has 582 valence electrons. The highest BCUT2D eigenvalue weighted by Crippen LogP contribution is 2.10. The smallest absolute Gasteiger partial charge is 0.307 e. The molecule has 0 radical (unpaired) electrons. The van der Waals surface area contributed by atoms with Crippen molar-refractivity contribution in [2.75, 3.05) is 364 Å². The summed E-state index contributed by atoms with van der Waals surface area (Å²) in [5.41, 5.74) is 0. The zero-order valence-electron chi connectivity index (χ0n) is 60.3. The normalized spacial score (nSPS) is 11.7. The van der Waals surface area contributed by atoms with Gasteiger partial charge >= 0.3 is 5.97 Å². The number of hydrogen-bond acceptors (Lipinski definition) is 29. The zero-order chi connectivity index (χ0) is 69.3. The molecule has 0 saturated carbocycles. The topological polar surface area (TPSA) is 276 Å². The van der Waals surface area contributed by atoms with Crippen LogP contribution in [0.2, 0.25) is 0 Å². The summed E-state index contributed by atoms with van der Waals surface area (Å²) in [4.78, 5) is 11.0. The molecule has 0 saturated heterocycles. The van der Waals surface area contributed by atoms with Crippen molar-refractivity contribution in [3.63, 3.8) is 0 Å². The monoisotopic (exact) mass is 1420 g/mol. The van der Waals surface area contributed by atoms with E-state index in [1.165, 1.54) is 64.9 Å². The Kier molecular flexibility index (Phi) is 90.9. The summed E-state index contributed by atoms with van der Waals surface area (Å²) in [7, 11) is 1.35. The van der Waals surface area contributed by atoms with E-state index in [2.05, 4.69) is 11.7 Å². The summed E-state index contributed by atoms with van der Waals surface area (Å²) in [6, 6.07) is 0. The maximum Gasteiger partial charge on any atom is 0.307 e. The first-order chi connectivity index (χ1) is 48.3. The van der Waals surface area contributed by atoms with Crippen molar-refractivity contribution in [1.82, 2.24) is 0 Å². The summed E-state index contributed by atoms with van der Waals surface area (Å²) in [5, 5.41) is 0. The standard InChI is InChI=1S/C68H136O29/c1-3-4-5-6-7-8-9-10-11-12-14-71-16-18-73-20-22-75-24-26-77-28-30-79-32-34-81-36-38-83-40-42-85-44-46-87-48-50-89-52-54-91-56-58-93-60-62-95-64-66-97-67-65-96-63-61-94-59-57-92-55-53-90-51-49-88-47-45-86-43-41-84-39-37-82-35-33-80-31-29-78-27-25-76-23-21-74-19-17-72-15-13-68(69)70-2/h3-67H2,1-2H3. The van der Waals surface area contributed by atoms with Gasteiger partial charge in [0, 0.05) is 6.61 Å². The van der Waals surface area contributed by atoms with Crippen molar-refractivity contribution in [2.45, 2.75) is 77.6 Å². The maximum absolute atomic E-state index is 11.0. The van der Waals surface area contributed by atoms with E-state index in [0.717, 1.165) is 13.0 Å². The SMILES string of the molecule is CCCCCCCCCCCCOCCOCCOCCOCCOCCOCCOCCOCCOCCOCCOCCOCCOCCOCCOCCOCCOCCOCCOCCOCCOCCOCCOCCOCCOCCOCCOCCC(=O)OC. The molecule has 0 amide bonds. The highest BCUT2D eigenvalue weighted by molar-refractivity contribution is 5.69. The Hall–Kier alpha value is -1.61. The molecule has 0 aliphatic rings. The maximum atomic E-state index is 11.0. The molecule has 0 rings (SSSR count). The van der Waals surface area contributed by atoms with Gasteiger partial charge in [-0.25, -0.2) is 0 Å². The predicted molar refractivity (Wildman–Crippen MR) is 361 cm³/mol. The first-order valence-electron chi connectivity index (χ1n) is 36.0. The molecule has 29 heteroatoms. The van der Waals surface area contributed by atoms with Crippen LogP contribution in [0.25, 0.3) is 0 Å². The molecule has 0 aliphatic heterocycles. The van der Waals surface area contributed by atoms with Crippen molar-refractivity contribution in [1.29, 1.82) is 0 Å². The molecule has 0 heterocycles. The summed E-state index contributed by atoms with van der Waals surface area (Å²) in [5.74, 6) is -0.292. The lowest BCUT2D eigenvalue weighted by Gasteiger charge is -2.09. The first-order valence-corrected chi connectivity index (χ1v) is 36.0. The van der Waals surface area contributed by atoms with Gasteiger partial charge in [-0.2, -0.15) is 0 Å². The molecule has 0 aromatic heterocycles. The molecule has 29 nitrogen and oxygen atoms in total. The van der Waals surface area contributed by atoms with E-state index < -0.39 is 0 Å². The molecule has 0 fully saturated rings. The Morgan fingerprint density at radius 2 is 0.268 bits per heavy atom. The van der Waals surface area contributed by atoms with Crippen molar-refractivity contribution in [2.24, 2.45) is 0 Å². The van der Waals surface area contributed by atoms with Gasteiger partial charge in [0.1, 0.15) is 0 Å². The van der Waals surface area contributed by atoms with Crippen molar-refractivity contribution < 1.29 is 137 Å². The van der Waals surface area contributed by atoms with Crippen molar-refractivity contribution in [3.05, 3.63) is 0 Å². The van der Waals surface area contributed by atoms with Gasteiger partial charge in [-0.1, -0.05) is 64.7 Å². The Labute approximate surface area is 583 Å². The van der Waals surface area contributed by atoms with Gasteiger partial charge in [0.25, 0.3) is 0 Å². The number of rotatable bonds is 92. The molecule has 0 aliphatic carbocycles. The van der Waals surface area contributed by atoms with Gasteiger partial charge in [0.15, 0.2) is 0 Å². The Morgan fingerprint density at radius 1 is 0.155 bits per heavy atom. The second kappa shape index (κ2) is 92.4. The van der Waals surface area contributed by atoms with Crippen LogP contribution < -0.4 is 0 Å². The number of hydrogen-bond donors (Lipinski definition) is 0. The molecule has 0 atom stereocenters. The summed E-state index contributed by atoms with van der Waals surface area (Å²) >= 11 is 0. The Balaban J connectivity index is 3.09.